The first-order valence-corrected chi connectivity index (χ1v) is 5.05. The third-order valence-electron chi connectivity index (χ3n) is 1.90. The van der Waals surface area contributed by atoms with E-state index in [1.807, 2.05) is 0 Å². The summed E-state index contributed by atoms with van der Waals surface area (Å²) in [7, 11) is 0. The Hall–Kier alpha value is -1.15. The molecular formula is C8H9F3N2O2S. The van der Waals surface area contributed by atoms with Crippen molar-refractivity contribution in [1.82, 2.24) is 4.98 Å². The van der Waals surface area contributed by atoms with E-state index in [1.165, 1.54) is 5.38 Å². The van der Waals surface area contributed by atoms with Crippen molar-refractivity contribution in [2.24, 2.45) is 5.73 Å². The summed E-state index contributed by atoms with van der Waals surface area (Å²) in [4.78, 5) is 14.3. The number of alkyl halides is 3. The maximum Gasteiger partial charge on any atom is 0.417 e. The molecule has 0 bridgehead atoms. The summed E-state index contributed by atoms with van der Waals surface area (Å²) < 4.78 is 37.0. The van der Waals surface area contributed by atoms with Crippen LogP contribution in [0.15, 0.2) is 5.38 Å². The standard InChI is InChI=1S/C8H9F3N2O2S/c1-7(15,8(9,10)11)2-4-3-16-6(13-4)5(12)14/h3,15H,2H2,1H3,(H2,12,14)/t7-/m1/s1. The van der Waals surface area contributed by atoms with Gasteiger partial charge in [0.2, 0.25) is 0 Å². The first-order valence-electron chi connectivity index (χ1n) is 4.17. The number of carbonyl (C=O) groups is 1. The zero-order valence-electron chi connectivity index (χ0n) is 8.21. The van der Waals surface area contributed by atoms with Crippen LogP contribution in [-0.2, 0) is 6.42 Å². The van der Waals surface area contributed by atoms with E-state index in [-0.39, 0.29) is 10.7 Å². The molecule has 3 N–H and O–H groups in total. The highest BCUT2D eigenvalue weighted by Crippen LogP contribution is 2.32. The molecule has 90 valence electrons. The number of hydrogen-bond acceptors (Lipinski definition) is 4. The van der Waals surface area contributed by atoms with Crippen molar-refractivity contribution in [3.63, 3.8) is 0 Å². The van der Waals surface area contributed by atoms with E-state index in [2.05, 4.69) is 4.98 Å². The number of amides is 1. The van der Waals surface area contributed by atoms with Crippen molar-refractivity contribution in [1.29, 1.82) is 0 Å². The quantitative estimate of drug-likeness (QED) is 0.848. The summed E-state index contributed by atoms with van der Waals surface area (Å²) in [5.74, 6) is -0.803. The highest BCUT2D eigenvalue weighted by molar-refractivity contribution is 7.11. The number of carbonyl (C=O) groups excluding carboxylic acids is 1. The van der Waals surface area contributed by atoms with E-state index < -0.39 is 24.1 Å². The number of nitrogens with two attached hydrogens (primary N) is 1. The van der Waals surface area contributed by atoms with Crippen LogP contribution in [0.2, 0.25) is 0 Å². The number of aliphatic hydroxyl groups is 1. The summed E-state index contributed by atoms with van der Waals surface area (Å²) in [6, 6.07) is 0. The zero-order chi connectivity index (χ0) is 12.6. The lowest BCUT2D eigenvalue weighted by molar-refractivity contribution is -0.252. The number of aromatic nitrogens is 1. The Balaban J connectivity index is 2.85. The zero-order valence-corrected chi connectivity index (χ0v) is 9.02. The van der Waals surface area contributed by atoms with Crippen LogP contribution in [-0.4, -0.2) is 27.8 Å². The third kappa shape index (κ3) is 2.70. The molecule has 1 aromatic rings. The number of halogens is 3. The molecule has 0 fully saturated rings. The molecule has 1 heterocycles. The second-order valence-electron chi connectivity index (χ2n) is 3.46. The van der Waals surface area contributed by atoms with Crippen molar-refractivity contribution in [2.75, 3.05) is 0 Å². The van der Waals surface area contributed by atoms with Crippen LogP contribution in [0, 0.1) is 0 Å². The molecule has 0 spiro atoms. The molecule has 0 aromatic carbocycles. The van der Waals surface area contributed by atoms with Crippen LogP contribution in [0.1, 0.15) is 22.4 Å². The summed E-state index contributed by atoms with van der Waals surface area (Å²) in [5.41, 5.74) is 2.02. The minimum Gasteiger partial charge on any atom is -0.380 e. The van der Waals surface area contributed by atoms with Crippen LogP contribution in [0.3, 0.4) is 0 Å². The second-order valence-corrected chi connectivity index (χ2v) is 4.31. The molecule has 8 heteroatoms. The molecular weight excluding hydrogens is 245 g/mol. The van der Waals surface area contributed by atoms with Crippen LogP contribution in [0.25, 0.3) is 0 Å². The minimum atomic E-state index is -4.75. The molecule has 0 saturated carbocycles. The molecule has 0 aliphatic heterocycles. The van der Waals surface area contributed by atoms with Gasteiger partial charge in [-0.1, -0.05) is 0 Å². The summed E-state index contributed by atoms with van der Waals surface area (Å²) in [6.07, 6.45) is -5.45. The predicted octanol–water partition coefficient (Wildman–Crippen LogP) is 1.10. The van der Waals surface area contributed by atoms with Crippen LogP contribution >= 0.6 is 11.3 Å². The monoisotopic (exact) mass is 254 g/mol. The maximum absolute atomic E-state index is 12.3. The van der Waals surface area contributed by atoms with Gasteiger partial charge in [-0.15, -0.1) is 11.3 Å². The molecule has 0 aliphatic carbocycles. The van der Waals surface area contributed by atoms with Crippen LogP contribution in [0.4, 0.5) is 13.2 Å². The third-order valence-corrected chi connectivity index (χ3v) is 2.80. The number of nitrogens with zero attached hydrogens (tertiary/aromatic N) is 1. The van der Waals surface area contributed by atoms with Crippen LogP contribution in [0.5, 0.6) is 0 Å². The van der Waals surface area contributed by atoms with Gasteiger partial charge in [0, 0.05) is 11.8 Å². The lowest BCUT2D eigenvalue weighted by atomic mass is 10.0. The lowest BCUT2D eigenvalue weighted by Gasteiger charge is -2.25. The summed E-state index contributed by atoms with van der Waals surface area (Å²) >= 11 is 0.845. The molecule has 1 rings (SSSR count). The molecule has 1 aromatic heterocycles. The van der Waals surface area contributed by atoms with Gasteiger partial charge < -0.3 is 10.8 Å². The Bertz CT molecular complexity index is 400. The van der Waals surface area contributed by atoms with Gasteiger partial charge in [-0.2, -0.15) is 13.2 Å². The first-order chi connectivity index (χ1) is 7.13. The molecule has 1 amide bonds. The molecule has 0 saturated heterocycles. The van der Waals surface area contributed by atoms with Gasteiger partial charge >= 0.3 is 6.18 Å². The number of hydrogen-bond donors (Lipinski definition) is 2. The summed E-state index contributed by atoms with van der Waals surface area (Å²) in [6.45, 7) is 0.649. The predicted molar refractivity (Wildman–Crippen MR) is 51.0 cm³/mol. The Labute approximate surface area is 92.9 Å². The van der Waals surface area contributed by atoms with Crippen LogP contribution < -0.4 is 5.73 Å². The van der Waals surface area contributed by atoms with E-state index >= 15 is 0 Å². The number of thiazole rings is 1. The molecule has 0 unspecified atom stereocenters. The highest BCUT2D eigenvalue weighted by Gasteiger charge is 2.50. The first kappa shape index (κ1) is 12.9. The largest absolute Gasteiger partial charge is 0.417 e. The molecule has 16 heavy (non-hydrogen) atoms. The SMILES string of the molecule is C[C@@](O)(Cc1csc(C(N)=O)n1)C(F)(F)F. The molecule has 0 radical (unpaired) electrons. The Morgan fingerprint density at radius 3 is 2.56 bits per heavy atom. The number of primary amides is 1. The van der Waals surface area contributed by atoms with E-state index in [1.54, 1.807) is 0 Å². The average Bonchev–Trinajstić information content (AvgIpc) is 2.49. The van der Waals surface area contributed by atoms with Crippen molar-refractivity contribution < 1.29 is 23.1 Å². The molecule has 0 aliphatic rings. The van der Waals surface area contributed by atoms with Gasteiger partial charge in [0.15, 0.2) is 10.6 Å². The van der Waals surface area contributed by atoms with E-state index in [4.69, 9.17) is 5.73 Å². The van der Waals surface area contributed by atoms with Crippen molar-refractivity contribution in [3.8, 4) is 0 Å². The molecule has 1 atom stereocenters. The molecule has 4 nitrogen and oxygen atoms in total. The second kappa shape index (κ2) is 4.02. The summed E-state index contributed by atoms with van der Waals surface area (Å²) in [5, 5.41) is 10.4. The van der Waals surface area contributed by atoms with Gasteiger partial charge in [0.05, 0.1) is 5.69 Å². The van der Waals surface area contributed by atoms with Crippen molar-refractivity contribution in [3.05, 3.63) is 16.1 Å². The Kier molecular flexibility index (Phi) is 3.25. The topological polar surface area (TPSA) is 76.2 Å². The fourth-order valence-electron chi connectivity index (χ4n) is 0.954. The van der Waals surface area contributed by atoms with Crippen molar-refractivity contribution >= 4 is 17.2 Å². The lowest BCUT2D eigenvalue weighted by Crippen LogP contribution is -2.44. The fraction of sp³-hybridized carbons (Fsp3) is 0.500. The normalized spacial score (nSPS) is 15.8. The van der Waals surface area contributed by atoms with Crippen molar-refractivity contribution in [2.45, 2.75) is 25.1 Å². The smallest absolute Gasteiger partial charge is 0.380 e. The van der Waals surface area contributed by atoms with Gasteiger partial charge in [-0.25, -0.2) is 4.98 Å². The van der Waals surface area contributed by atoms with Gasteiger partial charge in [-0.05, 0) is 6.92 Å². The Morgan fingerprint density at radius 1 is 1.62 bits per heavy atom. The van der Waals surface area contributed by atoms with Gasteiger partial charge in [0.1, 0.15) is 0 Å². The average molecular weight is 254 g/mol. The Morgan fingerprint density at radius 2 is 2.19 bits per heavy atom. The van der Waals surface area contributed by atoms with Gasteiger partial charge in [-0.3, -0.25) is 4.79 Å². The van der Waals surface area contributed by atoms with E-state index in [9.17, 15) is 23.1 Å². The number of rotatable bonds is 3. The minimum absolute atomic E-state index is 0.0128. The van der Waals surface area contributed by atoms with E-state index in [0.717, 1.165) is 11.3 Å². The maximum atomic E-state index is 12.3. The van der Waals surface area contributed by atoms with Gasteiger partial charge in [0.25, 0.3) is 5.91 Å². The highest BCUT2D eigenvalue weighted by atomic mass is 32.1. The fourth-order valence-corrected chi connectivity index (χ4v) is 1.62. The van der Waals surface area contributed by atoms with E-state index in [0.29, 0.717) is 6.92 Å².